The van der Waals surface area contributed by atoms with E-state index in [0.29, 0.717) is 28.0 Å². The van der Waals surface area contributed by atoms with Crippen molar-refractivity contribution in [3.05, 3.63) is 88.7 Å². The lowest BCUT2D eigenvalue weighted by atomic mass is 10.1. The highest BCUT2D eigenvalue weighted by molar-refractivity contribution is 8.14. The van der Waals surface area contributed by atoms with E-state index in [1.807, 2.05) is 0 Å². The fourth-order valence-electron chi connectivity index (χ4n) is 3.45. The number of halogens is 5. The van der Waals surface area contributed by atoms with Gasteiger partial charge < -0.3 is 15.4 Å². The molecule has 0 amide bonds. The van der Waals surface area contributed by atoms with Crippen molar-refractivity contribution in [2.45, 2.75) is 12.8 Å². The number of aliphatic imine (C=N–C) groups is 2. The van der Waals surface area contributed by atoms with Crippen LogP contribution in [-0.4, -0.2) is 42.2 Å². The number of thioether (sulfide) groups is 1. The molecule has 4 rings (SSSR count). The van der Waals surface area contributed by atoms with Crippen LogP contribution in [0.25, 0.3) is 0 Å². The first-order valence-electron chi connectivity index (χ1n) is 11.5. The highest BCUT2D eigenvalue weighted by atomic mass is 35.5. The van der Waals surface area contributed by atoms with Crippen LogP contribution >= 0.6 is 23.4 Å². The van der Waals surface area contributed by atoms with Gasteiger partial charge in [0.1, 0.15) is 23.7 Å². The summed E-state index contributed by atoms with van der Waals surface area (Å²) in [5.41, 5.74) is 8.05. The number of para-hydroxylation sites is 1. The van der Waals surface area contributed by atoms with Crippen molar-refractivity contribution in [3.63, 3.8) is 0 Å². The van der Waals surface area contributed by atoms with E-state index in [1.54, 1.807) is 47.5 Å². The van der Waals surface area contributed by atoms with Crippen LogP contribution in [0, 0.1) is 5.82 Å². The molecule has 0 bridgehead atoms. The van der Waals surface area contributed by atoms with Gasteiger partial charge in [0.15, 0.2) is 5.17 Å². The van der Waals surface area contributed by atoms with Gasteiger partial charge in [-0.05, 0) is 48.4 Å². The van der Waals surface area contributed by atoms with Crippen molar-refractivity contribution in [2.75, 3.05) is 17.2 Å². The second-order valence-electron chi connectivity index (χ2n) is 7.97. The Balaban J connectivity index is 1.38. The first-order chi connectivity index (χ1) is 18.7. The number of amidine groups is 2. The molecule has 0 radical (unpaired) electrons. The van der Waals surface area contributed by atoms with E-state index in [0.717, 1.165) is 29.9 Å². The number of alkyl halides is 3. The minimum atomic E-state index is -4.76. The maximum absolute atomic E-state index is 14.4. The fourth-order valence-corrected chi connectivity index (χ4v) is 4.61. The average Bonchev–Trinajstić information content (AvgIpc) is 2.90. The third-order valence-electron chi connectivity index (χ3n) is 5.23. The molecular formula is C26H21ClF4N6OS. The molecule has 2 N–H and O–H groups in total. The highest BCUT2D eigenvalue weighted by Gasteiger charge is 2.31. The molecule has 1 aliphatic heterocycles. The van der Waals surface area contributed by atoms with E-state index in [9.17, 15) is 17.6 Å². The molecule has 1 aliphatic rings. The number of hydrogen-bond acceptors (Lipinski definition) is 5. The molecule has 13 heteroatoms. The normalized spacial score (nSPS) is 16.0. The molecule has 1 saturated heterocycles. The molecule has 0 spiro atoms. The molecule has 202 valence electrons. The number of rotatable bonds is 7. The molecule has 7 nitrogen and oxygen atoms in total. The SMILES string of the molecule is NC(=NC=Nc1ccc(OC(F)(F)F)cc1)c1ccc(/C=N/N=C2\SCCCN2c2c(F)cccc2Cl)cc1. The van der Waals surface area contributed by atoms with Crippen molar-refractivity contribution < 1.29 is 22.3 Å². The van der Waals surface area contributed by atoms with E-state index in [1.165, 1.54) is 36.3 Å². The fraction of sp³-hybridized carbons (Fsp3) is 0.154. The van der Waals surface area contributed by atoms with Gasteiger partial charge in [-0.25, -0.2) is 14.4 Å². The molecule has 0 saturated carbocycles. The van der Waals surface area contributed by atoms with Crippen LogP contribution in [0.4, 0.5) is 28.9 Å². The van der Waals surface area contributed by atoms with E-state index < -0.39 is 12.2 Å². The predicted octanol–water partition coefficient (Wildman–Crippen LogP) is 6.78. The van der Waals surface area contributed by atoms with Crippen LogP contribution in [0.1, 0.15) is 17.5 Å². The average molecular weight is 577 g/mol. The first-order valence-corrected chi connectivity index (χ1v) is 12.8. The quantitative estimate of drug-likeness (QED) is 0.145. The van der Waals surface area contributed by atoms with Crippen molar-refractivity contribution in [1.29, 1.82) is 0 Å². The minimum Gasteiger partial charge on any atom is -0.406 e. The highest BCUT2D eigenvalue weighted by Crippen LogP contribution is 2.33. The molecule has 0 aliphatic carbocycles. The summed E-state index contributed by atoms with van der Waals surface area (Å²) in [6, 6.07) is 16.6. The second kappa shape index (κ2) is 12.8. The van der Waals surface area contributed by atoms with E-state index in [-0.39, 0.29) is 17.3 Å². The van der Waals surface area contributed by atoms with Crippen LogP contribution in [0.5, 0.6) is 5.75 Å². The van der Waals surface area contributed by atoms with Crippen LogP contribution in [-0.2, 0) is 0 Å². The van der Waals surface area contributed by atoms with Crippen LogP contribution in [0.3, 0.4) is 0 Å². The Morgan fingerprint density at radius 1 is 1.05 bits per heavy atom. The zero-order valence-corrected chi connectivity index (χ0v) is 21.7. The first kappa shape index (κ1) is 28.1. The lowest BCUT2D eigenvalue weighted by Gasteiger charge is -2.29. The maximum atomic E-state index is 14.4. The third-order valence-corrected chi connectivity index (χ3v) is 6.58. The summed E-state index contributed by atoms with van der Waals surface area (Å²) in [7, 11) is 0. The summed E-state index contributed by atoms with van der Waals surface area (Å²) >= 11 is 7.71. The summed E-state index contributed by atoms with van der Waals surface area (Å²) in [4.78, 5) is 9.84. The standard InChI is InChI=1S/C26H21ClF4N6OS/c27-21-3-1-4-22(28)23(21)37-13-2-14-39-25(37)36-35-15-17-5-7-18(8-6-17)24(32)34-16-33-19-9-11-20(12-10-19)38-26(29,30)31/h1,3-12,15-16H,2,13-14H2,(H2,32,33,34)/b35-15+,36-25-. The van der Waals surface area contributed by atoms with Gasteiger partial charge in [0.25, 0.3) is 0 Å². The predicted molar refractivity (Wildman–Crippen MR) is 149 cm³/mol. The van der Waals surface area contributed by atoms with Crippen molar-refractivity contribution in [1.82, 2.24) is 0 Å². The molecule has 0 atom stereocenters. The Morgan fingerprint density at radius 2 is 1.79 bits per heavy atom. The van der Waals surface area contributed by atoms with Gasteiger partial charge in [-0.15, -0.1) is 18.3 Å². The van der Waals surface area contributed by atoms with Crippen LogP contribution < -0.4 is 15.4 Å². The largest absolute Gasteiger partial charge is 0.573 e. The molecule has 3 aromatic rings. The van der Waals surface area contributed by atoms with Gasteiger partial charge in [0, 0.05) is 17.9 Å². The molecular weight excluding hydrogens is 556 g/mol. The Morgan fingerprint density at radius 3 is 2.49 bits per heavy atom. The van der Waals surface area contributed by atoms with Crippen molar-refractivity contribution >= 4 is 58.3 Å². The minimum absolute atomic E-state index is 0.190. The number of ether oxygens (including phenoxy) is 1. The number of benzene rings is 3. The van der Waals surface area contributed by atoms with E-state index >= 15 is 0 Å². The maximum Gasteiger partial charge on any atom is 0.573 e. The number of nitrogens with zero attached hydrogens (tertiary/aromatic N) is 5. The van der Waals surface area contributed by atoms with Gasteiger partial charge >= 0.3 is 6.36 Å². The number of anilines is 1. The summed E-state index contributed by atoms with van der Waals surface area (Å²) in [5.74, 6) is 0.264. The molecule has 39 heavy (non-hydrogen) atoms. The lowest BCUT2D eigenvalue weighted by Crippen LogP contribution is -2.34. The molecule has 0 aromatic heterocycles. The number of nitrogens with two attached hydrogens (primary N) is 1. The smallest absolute Gasteiger partial charge is 0.406 e. The molecule has 0 unspecified atom stereocenters. The van der Waals surface area contributed by atoms with Gasteiger partial charge in [-0.2, -0.15) is 5.10 Å². The second-order valence-corrected chi connectivity index (χ2v) is 9.44. The van der Waals surface area contributed by atoms with Gasteiger partial charge in [0.05, 0.1) is 22.6 Å². The Hall–Kier alpha value is -3.90. The molecule has 1 heterocycles. The van der Waals surface area contributed by atoms with Crippen LogP contribution in [0.2, 0.25) is 5.02 Å². The zero-order chi connectivity index (χ0) is 27.8. The van der Waals surface area contributed by atoms with Gasteiger partial charge in [-0.3, -0.25) is 0 Å². The summed E-state index contributed by atoms with van der Waals surface area (Å²) in [5, 5.41) is 9.32. The van der Waals surface area contributed by atoms with Gasteiger partial charge in [-0.1, -0.05) is 53.7 Å². The number of hydrogen-bond donors (Lipinski definition) is 1. The summed E-state index contributed by atoms with van der Waals surface area (Å²) in [6.07, 6.45) is -1.13. The Labute approximate surface area is 230 Å². The monoisotopic (exact) mass is 576 g/mol. The Bertz CT molecular complexity index is 1390. The summed E-state index contributed by atoms with van der Waals surface area (Å²) < 4.78 is 55.0. The third kappa shape index (κ3) is 8.04. The lowest BCUT2D eigenvalue weighted by molar-refractivity contribution is -0.274. The molecule has 3 aromatic carbocycles. The summed E-state index contributed by atoms with van der Waals surface area (Å²) in [6.45, 7) is 0.580. The van der Waals surface area contributed by atoms with Crippen LogP contribution in [0.15, 0.2) is 86.9 Å². The van der Waals surface area contributed by atoms with Gasteiger partial charge in [0.2, 0.25) is 0 Å². The van der Waals surface area contributed by atoms with Crippen molar-refractivity contribution in [3.8, 4) is 5.75 Å². The van der Waals surface area contributed by atoms with E-state index in [4.69, 9.17) is 17.3 Å². The van der Waals surface area contributed by atoms with E-state index in [2.05, 4.69) is 24.9 Å². The Kier molecular flexibility index (Phi) is 9.20. The molecule has 1 fully saturated rings. The topological polar surface area (TPSA) is 87.9 Å². The zero-order valence-electron chi connectivity index (χ0n) is 20.1. The van der Waals surface area contributed by atoms with Crippen molar-refractivity contribution in [2.24, 2.45) is 25.9 Å².